The fourth-order valence-corrected chi connectivity index (χ4v) is 3.04. The molecule has 0 amide bonds. The van der Waals surface area contributed by atoms with Crippen molar-refractivity contribution in [3.63, 3.8) is 0 Å². The van der Waals surface area contributed by atoms with Gasteiger partial charge in [0.1, 0.15) is 0 Å². The SMILES string of the molecule is CC1(C)C(CNc2nc(C(F)(F)F)ns2)C1(C)C. The van der Waals surface area contributed by atoms with Crippen molar-refractivity contribution in [1.29, 1.82) is 0 Å². The fourth-order valence-electron chi connectivity index (χ4n) is 2.44. The summed E-state index contributed by atoms with van der Waals surface area (Å²) < 4.78 is 40.2. The van der Waals surface area contributed by atoms with Gasteiger partial charge in [-0.15, -0.1) is 0 Å². The van der Waals surface area contributed by atoms with Crippen LogP contribution in [-0.2, 0) is 6.18 Å². The van der Waals surface area contributed by atoms with Crippen LogP contribution in [0.5, 0.6) is 0 Å². The first-order valence-corrected chi connectivity index (χ1v) is 6.49. The predicted octanol–water partition coefficient (Wildman–Crippen LogP) is 3.65. The zero-order chi connectivity index (χ0) is 13.8. The highest BCUT2D eigenvalue weighted by molar-refractivity contribution is 7.09. The molecular weight excluding hydrogens is 263 g/mol. The Morgan fingerprint density at radius 2 is 1.78 bits per heavy atom. The maximum Gasteiger partial charge on any atom is 0.452 e. The Bertz CT molecular complexity index is 437. The van der Waals surface area contributed by atoms with Crippen LogP contribution in [0, 0.1) is 16.7 Å². The highest BCUT2D eigenvalue weighted by atomic mass is 32.1. The summed E-state index contributed by atoms with van der Waals surface area (Å²) >= 11 is 0.754. The van der Waals surface area contributed by atoms with E-state index < -0.39 is 12.0 Å². The van der Waals surface area contributed by atoms with Gasteiger partial charge in [0.25, 0.3) is 0 Å². The molecule has 1 saturated carbocycles. The summed E-state index contributed by atoms with van der Waals surface area (Å²) in [6.45, 7) is 9.30. The fraction of sp³-hybridized carbons (Fsp3) is 0.818. The molecule has 1 aromatic heterocycles. The number of halogens is 3. The molecule has 1 fully saturated rings. The van der Waals surface area contributed by atoms with E-state index in [1.165, 1.54) is 0 Å². The Balaban J connectivity index is 1.95. The number of hydrogen-bond donors (Lipinski definition) is 1. The van der Waals surface area contributed by atoms with Crippen molar-refractivity contribution in [2.45, 2.75) is 33.9 Å². The maximum atomic E-state index is 12.3. The van der Waals surface area contributed by atoms with Crippen LogP contribution in [-0.4, -0.2) is 15.9 Å². The molecule has 7 heteroatoms. The van der Waals surface area contributed by atoms with E-state index in [2.05, 4.69) is 42.4 Å². The van der Waals surface area contributed by atoms with Gasteiger partial charge in [-0.25, -0.2) is 0 Å². The van der Waals surface area contributed by atoms with Crippen LogP contribution in [0.25, 0.3) is 0 Å². The molecule has 0 aromatic carbocycles. The van der Waals surface area contributed by atoms with Gasteiger partial charge in [-0.3, -0.25) is 0 Å². The van der Waals surface area contributed by atoms with Crippen molar-refractivity contribution in [2.75, 3.05) is 11.9 Å². The molecule has 2 rings (SSSR count). The number of anilines is 1. The molecule has 1 aliphatic rings. The Hall–Kier alpha value is -0.850. The van der Waals surface area contributed by atoms with Crippen molar-refractivity contribution in [2.24, 2.45) is 16.7 Å². The lowest BCUT2D eigenvalue weighted by Gasteiger charge is -2.04. The van der Waals surface area contributed by atoms with Gasteiger partial charge in [0.2, 0.25) is 11.0 Å². The molecule has 102 valence electrons. The molecule has 0 aliphatic heterocycles. The molecule has 1 N–H and O–H groups in total. The minimum atomic E-state index is -4.46. The van der Waals surface area contributed by atoms with Gasteiger partial charge in [-0.05, 0) is 16.7 Å². The molecule has 3 nitrogen and oxygen atoms in total. The van der Waals surface area contributed by atoms with E-state index in [1.807, 2.05) is 0 Å². The van der Waals surface area contributed by atoms with E-state index in [0.717, 1.165) is 11.5 Å². The van der Waals surface area contributed by atoms with Crippen molar-refractivity contribution >= 4 is 16.7 Å². The smallest absolute Gasteiger partial charge is 0.360 e. The minimum Gasteiger partial charge on any atom is -0.360 e. The first-order valence-electron chi connectivity index (χ1n) is 5.71. The first-order chi connectivity index (χ1) is 8.07. The molecular formula is C11H16F3N3S. The predicted molar refractivity (Wildman–Crippen MR) is 64.5 cm³/mol. The van der Waals surface area contributed by atoms with Crippen molar-refractivity contribution in [3.05, 3.63) is 5.82 Å². The van der Waals surface area contributed by atoms with Crippen LogP contribution in [0.2, 0.25) is 0 Å². The zero-order valence-corrected chi connectivity index (χ0v) is 11.5. The molecule has 0 bridgehead atoms. The second kappa shape index (κ2) is 3.82. The van der Waals surface area contributed by atoms with Crippen LogP contribution in [0.15, 0.2) is 0 Å². The van der Waals surface area contributed by atoms with E-state index in [9.17, 15) is 13.2 Å². The van der Waals surface area contributed by atoms with Gasteiger partial charge in [-0.2, -0.15) is 22.5 Å². The van der Waals surface area contributed by atoms with Crippen molar-refractivity contribution in [3.8, 4) is 0 Å². The van der Waals surface area contributed by atoms with E-state index in [0.29, 0.717) is 12.5 Å². The normalized spacial score (nSPS) is 21.9. The lowest BCUT2D eigenvalue weighted by molar-refractivity contribution is -0.144. The number of nitrogens with one attached hydrogen (secondary N) is 1. The summed E-state index contributed by atoms with van der Waals surface area (Å²) in [6.07, 6.45) is -4.46. The van der Waals surface area contributed by atoms with Gasteiger partial charge in [0, 0.05) is 18.1 Å². The van der Waals surface area contributed by atoms with E-state index in [4.69, 9.17) is 0 Å². The van der Waals surface area contributed by atoms with Gasteiger partial charge in [0.15, 0.2) is 0 Å². The van der Waals surface area contributed by atoms with Gasteiger partial charge < -0.3 is 5.32 Å². The van der Waals surface area contributed by atoms with E-state index in [-0.39, 0.29) is 16.0 Å². The second-order valence-electron chi connectivity index (χ2n) is 5.80. The lowest BCUT2D eigenvalue weighted by Crippen LogP contribution is -2.10. The minimum absolute atomic E-state index is 0.206. The first kappa shape index (κ1) is 13.6. The third kappa shape index (κ3) is 2.08. The van der Waals surface area contributed by atoms with Crippen LogP contribution in [0.3, 0.4) is 0 Å². The van der Waals surface area contributed by atoms with Crippen LogP contribution in [0.4, 0.5) is 18.3 Å². The maximum absolute atomic E-state index is 12.3. The van der Waals surface area contributed by atoms with Crippen LogP contribution >= 0.6 is 11.5 Å². The number of nitrogens with zero attached hydrogens (tertiary/aromatic N) is 2. The number of alkyl halides is 3. The van der Waals surface area contributed by atoms with Crippen molar-refractivity contribution in [1.82, 2.24) is 9.36 Å². The average molecular weight is 279 g/mol. The summed E-state index contributed by atoms with van der Waals surface area (Å²) in [4.78, 5) is 3.45. The van der Waals surface area contributed by atoms with Crippen LogP contribution in [0.1, 0.15) is 33.5 Å². The molecule has 0 atom stereocenters. The summed E-state index contributed by atoms with van der Waals surface area (Å²) in [6, 6.07) is 0. The number of rotatable bonds is 3. The largest absolute Gasteiger partial charge is 0.452 e. The lowest BCUT2D eigenvalue weighted by atomic mass is 10.0. The van der Waals surface area contributed by atoms with Crippen LogP contribution < -0.4 is 5.32 Å². The monoisotopic (exact) mass is 279 g/mol. The third-order valence-electron chi connectivity index (χ3n) is 4.46. The summed E-state index contributed by atoms with van der Waals surface area (Å²) in [5, 5.41) is 3.19. The topological polar surface area (TPSA) is 37.8 Å². The molecule has 0 spiro atoms. The number of aromatic nitrogens is 2. The quantitative estimate of drug-likeness (QED) is 0.917. The van der Waals surface area contributed by atoms with E-state index >= 15 is 0 Å². The molecule has 1 aromatic rings. The van der Waals surface area contributed by atoms with Gasteiger partial charge in [0.05, 0.1) is 0 Å². The highest BCUT2D eigenvalue weighted by Crippen LogP contribution is 2.68. The zero-order valence-electron chi connectivity index (χ0n) is 10.7. The summed E-state index contributed by atoms with van der Waals surface area (Å²) in [5.74, 6) is -0.632. The molecule has 1 aliphatic carbocycles. The molecule has 1 heterocycles. The Labute approximate surface area is 108 Å². The van der Waals surface area contributed by atoms with Gasteiger partial charge >= 0.3 is 6.18 Å². The Morgan fingerprint density at radius 1 is 1.22 bits per heavy atom. The van der Waals surface area contributed by atoms with Crippen molar-refractivity contribution < 1.29 is 13.2 Å². The summed E-state index contributed by atoms with van der Waals surface area (Å²) in [5.41, 5.74) is 0.412. The molecule has 0 radical (unpaired) electrons. The summed E-state index contributed by atoms with van der Waals surface area (Å²) in [7, 11) is 0. The average Bonchev–Trinajstić information content (AvgIpc) is 2.58. The molecule has 18 heavy (non-hydrogen) atoms. The Kier molecular flexibility index (Phi) is 2.88. The third-order valence-corrected chi connectivity index (χ3v) is 5.13. The highest BCUT2D eigenvalue weighted by Gasteiger charge is 2.64. The molecule has 0 saturated heterocycles. The van der Waals surface area contributed by atoms with Gasteiger partial charge in [-0.1, -0.05) is 27.7 Å². The second-order valence-corrected chi connectivity index (χ2v) is 6.55. The van der Waals surface area contributed by atoms with E-state index in [1.54, 1.807) is 0 Å². The standard InChI is InChI=1S/C11H16F3N3S/c1-9(2)6(10(9,3)4)5-15-8-16-7(17-18-8)11(12,13)14/h6H,5H2,1-4H3,(H,15,16,17). The molecule has 0 unspecified atom stereocenters. The number of hydrogen-bond acceptors (Lipinski definition) is 4. The Morgan fingerprint density at radius 3 is 2.17 bits per heavy atom.